The zero-order valence-electron chi connectivity index (χ0n) is 13.0. The number of fused-ring (bicyclic) bond motifs is 1. The lowest BCUT2D eigenvalue weighted by Gasteiger charge is -2.39. The van der Waals surface area contributed by atoms with E-state index in [9.17, 15) is 4.79 Å². The van der Waals surface area contributed by atoms with Crippen LogP contribution in [0.2, 0.25) is 0 Å². The summed E-state index contributed by atoms with van der Waals surface area (Å²) >= 11 is 0. The van der Waals surface area contributed by atoms with Crippen LogP contribution in [-0.4, -0.2) is 38.6 Å². The molecule has 0 radical (unpaired) electrons. The number of likely N-dealkylation sites (N-methyl/N-ethyl adjacent to an activating group) is 1. The molecule has 0 aromatic heterocycles. The van der Waals surface area contributed by atoms with Gasteiger partial charge in [0, 0.05) is 26.2 Å². The van der Waals surface area contributed by atoms with Crippen LogP contribution in [0.15, 0.2) is 24.3 Å². The number of hydrogen-bond acceptors (Lipinski definition) is 3. The largest absolute Gasteiger partial charge is 0.368 e. The van der Waals surface area contributed by atoms with E-state index in [1.165, 1.54) is 5.69 Å². The fourth-order valence-electron chi connectivity index (χ4n) is 3.26. The summed E-state index contributed by atoms with van der Waals surface area (Å²) in [7, 11) is 0. The molecule has 0 spiro atoms. The van der Waals surface area contributed by atoms with Gasteiger partial charge in [-0.3, -0.25) is 4.79 Å². The maximum atomic E-state index is 12.8. The van der Waals surface area contributed by atoms with E-state index < -0.39 is 0 Å². The van der Waals surface area contributed by atoms with Crippen molar-refractivity contribution in [2.45, 2.75) is 19.8 Å². The van der Waals surface area contributed by atoms with Crippen LogP contribution >= 0.6 is 24.8 Å². The van der Waals surface area contributed by atoms with Crippen LogP contribution in [0.1, 0.15) is 19.8 Å². The van der Waals surface area contributed by atoms with Gasteiger partial charge < -0.3 is 15.1 Å². The Bertz CT molecular complexity index is 492. The van der Waals surface area contributed by atoms with Crippen LogP contribution in [0, 0.1) is 5.92 Å². The highest BCUT2D eigenvalue weighted by Crippen LogP contribution is 2.33. The third-order valence-electron chi connectivity index (χ3n) is 4.40. The van der Waals surface area contributed by atoms with E-state index in [4.69, 9.17) is 0 Å². The number of carbonyl (C=O) groups excluding carboxylic acids is 1. The van der Waals surface area contributed by atoms with Crippen LogP contribution in [0.4, 0.5) is 11.4 Å². The Labute approximate surface area is 145 Å². The fraction of sp³-hybridized carbons (Fsp3) is 0.562. The summed E-state index contributed by atoms with van der Waals surface area (Å²) < 4.78 is 0. The molecule has 124 valence electrons. The number of anilines is 2. The number of nitrogens with zero attached hydrogens (tertiary/aromatic N) is 2. The number of amides is 1. The molecule has 22 heavy (non-hydrogen) atoms. The van der Waals surface area contributed by atoms with Gasteiger partial charge in [-0.05, 0) is 38.4 Å². The Morgan fingerprint density at radius 2 is 1.95 bits per heavy atom. The average Bonchev–Trinajstić information content (AvgIpc) is 2.54. The van der Waals surface area contributed by atoms with Crippen molar-refractivity contribution < 1.29 is 4.79 Å². The number of carbonyl (C=O) groups is 1. The Morgan fingerprint density at radius 3 is 2.59 bits per heavy atom. The zero-order chi connectivity index (χ0) is 13.9. The number of halogens is 2. The molecule has 2 aliphatic rings. The Hall–Kier alpha value is -0.970. The molecule has 1 aromatic rings. The maximum Gasteiger partial charge on any atom is 0.231 e. The van der Waals surface area contributed by atoms with Crippen molar-refractivity contribution in [1.82, 2.24) is 5.32 Å². The monoisotopic (exact) mass is 345 g/mol. The first-order valence-electron chi connectivity index (χ1n) is 7.67. The van der Waals surface area contributed by atoms with Crippen LogP contribution in [0.5, 0.6) is 0 Å². The molecule has 6 heteroatoms. The van der Waals surface area contributed by atoms with Crippen molar-refractivity contribution in [1.29, 1.82) is 0 Å². The molecule has 1 amide bonds. The zero-order valence-corrected chi connectivity index (χ0v) is 14.6. The van der Waals surface area contributed by atoms with Gasteiger partial charge in [-0.1, -0.05) is 12.1 Å². The SMILES string of the molecule is CCN1CCN(C(=O)C2CCCNC2)c2ccccc21.Cl.Cl. The van der Waals surface area contributed by atoms with Gasteiger partial charge in [0.15, 0.2) is 0 Å². The van der Waals surface area contributed by atoms with E-state index >= 15 is 0 Å². The van der Waals surface area contributed by atoms with E-state index in [1.54, 1.807) is 0 Å². The smallest absolute Gasteiger partial charge is 0.231 e. The second-order valence-electron chi connectivity index (χ2n) is 5.60. The Morgan fingerprint density at radius 1 is 1.23 bits per heavy atom. The minimum absolute atomic E-state index is 0. The molecule has 1 unspecified atom stereocenters. The van der Waals surface area contributed by atoms with Crippen molar-refractivity contribution in [3.63, 3.8) is 0 Å². The molecule has 0 bridgehead atoms. The molecule has 1 aromatic carbocycles. The van der Waals surface area contributed by atoms with Gasteiger partial charge >= 0.3 is 0 Å². The highest BCUT2D eigenvalue weighted by atomic mass is 35.5. The third kappa shape index (κ3) is 3.67. The lowest BCUT2D eigenvalue weighted by atomic mass is 9.97. The highest BCUT2D eigenvalue weighted by Gasteiger charge is 2.31. The molecule has 0 aliphatic carbocycles. The van der Waals surface area contributed by atoms with Gasteiger partial charge in [-0.25, -0.2) is 0 Å². The molecule has 1 atom stereocenters. The Balaban J connectivity index is 0.00000121. The predicted octanol–water partition coefficient (Wildman–Crippen LogP) is 2.70. The molecular formula is C16H25Cl2N3O. The van der Waals surface area contributed by atoms with E-state index in [2.05, 4.69) is 35.3 Å². The molecule has 2 heterocycles. The van der Waals surface area contributed by atoms with Crippen LogP contribution in [0.25, 0.3) is 0 Å². The molecule has 4 nitrogen and oxygen atoms in total. The summed E-state index contributed by atoms with van der Waals surface area (Å²) in [6.45, 7) is 6.77. The number of hydrogen-bond donors (Lipinski definition) is 1. The van der Waals surface area contributed by atoms with Crippen molar-refractivity contribution >= 4 is 42.1 Å². The van der Waals surface area contributed by atoms with E-state index in [0.717, 1.165) is 51.3 Å². The van der Waals surface area contributed by atoms with Crippen molar-refractivity contribution in [2.24, 2.45) is 5.92 Å². The van der Waals surface area contributed by atoms with E-state index in [-0.39, 0.29) is 30.7 Å². The number of benzene rings is 1. The molecule has 3 rings (SSSR count). The predicted molar refractivity (Wildman–Crippen MR) is 96.8 cm³/mol. The molecule has 1 fully saturated rings. The van der Waals surface area contributed by atoms with Crippen molar-refractivity contribution in [2.75, 3.05) is 42.5 Å². The van der Waals surface area contributed by atoms with Gasteiger partial charge in [-0.15, -0.1) is 24.8 Å². The average molecular weight is 346 g/mol. The van der Waals surface area contributed by atoms with Crippen LogP contribution in [-0.2, 0) is 4.79 Å². The fourth-order valence-corrected chi connectivity index (χ4v) is 3.26. The van der Waals surface area contributed by atoms with Gasteiger partial charge in [0.05, 0.1) is 17.3 Å². The number of nitrogens with one attached hydrogen (secondary N) is 1. The molecule has 1 N–H and O–H groups in total. The first-order valence-corrected chi connectivity index (χ1v) is 7.67. The van der Waals surface area contributed by atoms with Gasteiger partial charge in [0.2, 0.25) is 5.91 Å². The number of piperidine rings is 1. The third-order valence-corrected chi connectivity index (χ3v) is 4.40. The maximum absolute atomic E-state index is 12.8. The second kappa shape index (κ2) is 8.61. The standard InChI is InChI=1S/C16H23N3O.2ClH/c1-2-18-10-11-19(15-8-4-3-7-14(15)18)16(20)13-6-5-9-17-12-13;;/h3-4,7-8,13,17H,2,5-6,9-12H2,1H3;2*1H. The highest BCUT2D eigenvalue weighted by molar-refractivity contribution is 5.99. The van der Waals surface area contributed by atoms with E-state index in [0.29, 0.717) is 5.91 Å². The van der Waals surface area contributed by atoms with Crippen molar-refractivity contribution in [3.05, 3.63) is 24.3 Å². The molecular weight excluding hydrogens is 321 g/mol. The van der Waals surface area contributed by atoms with Gasteiger partial charge in [0.1, 0.15) is 0 Å². The summed E-state index contributed by atoms with van der Waals surface area (Å²) in [6, 6.07) is 8.28. The van der Waals surface area contributed by atoms with Gasteiger partial charge in [0.25, 0.3) is 0 Å². The minimum Gasteiger partial charge on any atom is -0.368 e. The first kappa shape index (κ1) is 19.1. The summed E-state index contributed by atoms with van der Waals surface area (Å²) in [6.07, 6.45) is 2.12. The summed E-state index contributed by atoms with van der Waals surface area (Å²) in [5.74, 6) is 0.436. The van der Waals surface area contributed by atoms with E-state index in [1.807, 2.05) is 11.0 Å². The second-order valence-corrected chi connectivity index (χ2v) is 5.60. The molecule has 0 saturated carbocycles. The molecule has 1 saturated heterocycles. The normalized spacial score (nSPS) is 20.5. The lowest BCUT2D eigenvalue weighted by molar-refractivity contribution is -0.122. The van der Waals surface area contributed by atoms with Gasteiger partial charge in [-0.2, -0.15) is 0 Å². The summed E-state index contributed by atoms with van der Waals surface area (Å²) in [5, 5.41) is 3.34. The van der Waals surface area contributed by atoms with Crippen LogP contribution in [0.3, 0.4) is 0 Å². The first-order chi connectivity index (χ1) is 9.81. The lowest BCUT2D eigenvalue weighted by Crippen LogP contribution is -2.49. The van der Waals surface area contributed by atoms with Crippen LogP contribution < -0.4 is 15.1 Å². The summed E-state index contributed by atoms with van der Waals surface area (Å²) in [5.41, 5.74) is 2.27. The number of para-hydroxylation sites is 2. The molecule has 2 aliphatic heterocycles. The minimum atomic E-state index is 0. The quantitative estimate of drug-likeness (QED) is 0.894. The summed E-state index contributed by atoms with van der Waals surface area (Å²) in [4.78, 5) is 17.1. The Kier molecular flexibility index (Phi) is 7.46. The topological polar surface area (TPSA) is 35.6 Å². The van der Waals surface area contributed by atoms with Crippen molar-refractivity contribution in [3.8, 4) is 0 Å². The number of rotatable bonds is 2.